The Morgan fingerprint density at radius 2 is 1.62 bits per heavy atom. The van der Waals surface area contributed by atoms with Crippen LogP contribution in [0.5, 0.6) is 5.75 Å². The number of H-pyrrole nitrogens is 1. The number of hydrogen-bond donors (Lipinski definition) is 3. The zero-order valence-electron chi connectivity index (χ0n) is 18.9. The van der Waals surface area contributed by atoms with Gasteiger partial charge in [0.2, 0.25) is 5.91 Å². The van der Waals surface area contributed by atoms with Gasteiger partial charge in [0.05, 0.1) is 18.1 Å². The summed E-state index contributed by atoms with van der Waals surface area (Å²) in [5.41, 5.74) is 4.60. The number of benzene rings is 3. The van der Waals surface area contributed by atoms with E-state index < -0.39 is 0 Å². The van der Waals surface area contributed by atoms with Crippen molar-refractivity contribution in [1.29, 1.82) is 0 Å². The maximum absolute atomic E-state index is 12.5. The highest BCUT2D eigenvalue weighted by molar-refractivity contribution is 6.04. The highest BCUT2D eigenvalue weighted by atomic mass is 16.5. The van der Waals surface area contributed by atoms with E-state index in [0.29, 0.717) is 17.0 Å². The Morgan fingerprint density at radius 3 is 2.32 bits per heavy atom. The predicted molar refractivity (Wildman–Crippen MR) is 133 cm³/mol. The summed E-state index contributed by atoms with van der Waals surface area (Å²) in [4.78, 5) is 32.9. The Labute approximate surface area is 197 Å². The van der Waals surface area contributed by atoms with Gasteiger partial charge in [-0.05, 0) is 79.6 Å². The Hall–Kier alpha value is -4.13. The van der Waals surface area contributed by atoms with Crippen LogP contribution in [0.2, 0.25) is 0 Å². The number of fused-ring (bicyclic) bond motifs is 1. The number of carbonyl (C=O) groups excluding carboxylic acids is 2. The van der Waals surface area contributed by atoms with Crippen LogP contribution in [-0.2, 0) is 4.79 Å². The fraction of sp³-hybridized carbons (Fsp3) is 0.222. The van der Waals surface area contributed by atoms with Crippen LogP contribution in [0.4, 0.5) is 11.4 Å². The van der Waals surface area contributed by atoms with Gasteiger partial charge in [-0.2, -0.15) is 0 Å². The number of hydrogen-bond acceptors (Lipinski definition) is 4. The minimum atomic E-state index is -0.189. The predicted octanol–water partition coefficient (Wildman–Crippen LogP) is 5.62. The molecule has 1 heterocycles. The third-order valence-corrected chi connectivity index (χ3v) is 6.24. The fourth-order valence-electron chi connectivity index (χ4n) is 4.31. The van der Waals surface area contributed by atoms with Crippen molar-refractivity contribution in [3.63, 3.8) is 0 Å². The molecule has 172 valence electrons. The second-order valence-corrected chi connectivity index (χ2v) is 8.55. The Morgan fingerprint density at radius 1 is 0.912 bits per heavy atom. The lowest BCUT2D eigenvalue weighted by Gasteiger charge is -2.10. The highest BCUT2D eigenvalue weighted by Gasteiger charge is 2.22. The van der Waals surface area contributed by atoms with E-state index in [9.17, 15) is 9.59 Å². The lowest BCUT2D eigenvalue weighted by Crippen LogP contribution is -2.20. The van der Waals surface area contributed by atoms with Crippen LogP contribution in [0.25, 0.3) is 22.4 Å². The molecule has 1 fully saturated rings. The van der Waals surface area contributed by atoms with E-state index in [1.54, 1.807) is 31.4 Å². The van der Waals surface area contributed by atoms with Crippen molar-refractivity contribution >= 4 is 34.2 Å². The fourth-order valence-corrected chi connectivity index (χ4v) is 4.31. The summed E-state index contributed by atoms with van der Waals surface area (Å²) in [6.45, 7) is 0. The molecule has 0 atom stereocenters. The van der Waals surface area contributed by atoms with Crippen LogP contribution in [0, 0.1) is 5.92 Å². The molecule has 7 nitrogen and oxygen atoms in total. The minimum absolute atomic E-state index is 0.101. The van der Waals surface area contributed by atoms with Crippen molar-refractivity contribution in [1.82, 2.24) is 9.97 Å². The van der Waals surface area contributed by atoms with Crippen molar-refractivity contribution < 1.29 is 14.3 Å². The van der Waals surface area contributed by atoms with Gasteiger partial charge in [0.15, 0.2) is 0 Å². The quantitative estimate of drug-likeness (QED) is 0.352. The van der Waals surface area contributed by atoms with Gasteiger partial charge in [0, 0.05) is 28.4 Å². The van der Waals surface area contributed by atoms with Gasteiger partial charge >= 0.3 is 0 Å². The Kier molecular flexibility index (Phi) is 5.99. The zero-order chi connectivity index (χ0) is 23.5. The monoisotopic (exact) mass is 454 g/mol. The average Bonchev–Trinajstić information content (AvgIpc) is 3.55. The second-order valence-electron chi connectivity index (χ2n) is 8.55. The maximum Gasteiger partial charge on any atom is 0.255 e. The molecule has 0 radical (unpaired) electrons. The molecule has 34 heavy (non-hydrogen) atoms. The molecule has 3 aromatic carbocycles. The first-order chi connectivity index (χ1) is 16.6. The maximum atomic E-state index is 12.5. The molecule has 0 spiro atoms. The number of rotatable bonds is 6. The molecule has 0 bridgehead atoms. The van der Waals surface area contributed by atoms with Gasteiger partial charge in [-0.3, -0.25) is 9.59 Å². The van der Waals surface area contributed by atoms with Crippen LogP contribution in [0.15, 0.2) is 66.7 Å². The summed E-state index contributed by atoms with van der Waals surface area (Å²) in [5, 5.41) is 5.94. The lowest BCUT2D eigenvalue weighted by atomic mass is 10.1. The van der Waals surface area contributed by atoms with Gasteiger partial charge in [-0.1, -0.05) is 12.8 Å². The van der Waals surface area contributed by atoms with Crippen LogP contribution >= 0.6 is 0 Å². The standard InChI is InChI=1S/C27H26N4O3/c1-34-22-13-8-19(9-14-22)27(33)28-20-10-6-17(7-11-20)25-30-23-15-12-21(16-24(23)31-25)29-26(32)18-4-2-3-5-18/h6-16,18H,2-5H2,1H3,(H,28,33)(H,29,32)(H,30,31). The number of nitrogens with one attached hydrogen (secondary N) is 3. The number of imidazole rings is 1. The Bertz CT molecular complexity index is 1320. The molecule has 1 saturated carbocycles. The largest absolute Gasteiger partial charge is 0.497 e. The van der Waals surface area contributed by atoms with Crippen LogP contribution in [0.3, 0.4) is 0 Å². The molecule has 7 heteroatoms. The van der Waals surface area contributed by atoms with E-state index in [-0.39, 0.29) is 17.7 Å². The van der Waals surface area contributed by atoms with Crippen molar-refractivity contribution in [3.8, 4) is 17.1 Å². The van der Waals surface area contributed by atoms with E-state index in [2.05, 4.69) is 20.6 Å². The van der Waals surface area contributed by atoms with E-state index in [4.69, 9.17) is 4.74 Å². The third kappa shape index (κ3) is 4.64. The second kappa shape index (κ2) is 9.39. The molecule has 1 aliphatic rings. The minimum Gasteiger partial charge on any atom is -0.497 e. The number of amides is 2. The lowest BCUT2D eigenvalue weighted by molar-refractivity contribution is -0.119. The van der Waals surface area contributed by atoms with Gasteiger partial charge < -0.3 is 20.4 Å². The topological polar surface area (TPSA) is 96.1 Å². The summed E-state index contributed by atoms with van der Waals surface area (Å²) >= 11 is 0. The summed E-state index contributed by atoms with van der Waals surface area (Å²) in [6, 6.07) is 20.2. The smallest absolute Gasteiger partial charge is 0.255 e. The number of aromatic nitrogens is 2. The van der Waals surface area contributed by atoms with E-state index in [1.165, 1.54) is 0 Å². The van der Waals surface area contributed by atoms with Crippen LogP contribution < -0.4 is 15.4 Å². The Balaban J connectivity index is 1.27. The van der Waals surface area contributed by atoms with Crippen LogP contribution in [-0.4, -0.2) is 28.9 Å². The summed E-state index contributed by atoms with van der Waals surface area (Å²) in [5.74, 6) is 1.46. The van der Waals surface area contributed by atoms with Gasteiger partial charge in [0.1, 0.15) is 11.6 Å². The molecule has 1 aromatic heterocycles. The van der Waals surface area contributed by atoms with E-state index >= 15 is 0 Å². The van der Waals surface area contributed by atoms with Gasteiger partial charge in [-0.15, -0.1) is 0 Å². The number of aromatic amines is 1. The molecular weight excluding hydrogens is 428 g/mol. The number of carbonyl (C=O) groups is 2. The summed E-state index contributed by atoms with van der Waals surface area (Å²) in [7, 11) is 1.59. The molecule has 0 saturated heterocycles. The number of methoxy groups -OCH3 is 1. The normalized spacial score (nSPS) is 13.7. The third-order valence-electron chi connectivity index (χ3n) is 6.24. The molecule has 2 amide bonds. The highest BCUT2D eigenvalue weighted by Crippen LogP contribution is 2.28. The first-order valence-corrected chi connectivity index (χ1v) is 11.5. The van der Waals surface area contributed by atoms with Crippen molar-refractivity contribution in [2.24, 2.45) is 5.92 Å². The van der Waals surface area contributed by atoms with Gasteiger partial charge in [0.25, 0.3) is 5.91 Å². The molecule has 0 aliphatic heterocycles. The first kappa shape index (κ1) is 21.7. The van der Waals surface area contributed by atoms with Crippen molar-refractivity contribution in [3.05, 3.63) is 72.3 Å². The molecule has 1 aliphatic carbocycles. The van der Waals surface area contributed by atoms with E-state index in [1.807, 2.05) is 42.5 Å². The SMILES string of the molecule is COc1ccc(C(=O)Nc2ccc(-c3nc4ccc(NC(=O)C5CCCC5)cc4[nH]3)cc2)cc1. The summed E-state index contributed by atoms with van der Waals surface area (Å²) in [6.07, 6.45) is 4.20. The number of ether oxygens (including phenoxy) is 1. The molecule has 0 unspecified atom stereocenters. The van der Waals surface area contributed by atoms with Crippen molar-refractivity contribution in [2.75, 3.05) is 17.7 Å². The van der Waals surface area contributed by atoms with Crippen molar-refractivity contribution in [2.45, 2.75) is 25.7 Å². The zero-order valence-corrected chi connectivity index (χ0v) is 18.9. The summed E-state index contributed by atoms with van der Waals surface area (Å²) < 4.78 is 5.13. The molecule has 4 aromatic rings. The van der Waals surface area contributed by atoms with Crippen LogP contribution in [0.1, 0.15) is 36.0 Å². The van der Waals surface area contributed by atoms with Gasteiger partial charge in [-0.25, -0.2) is 4.98 Å². The average molecular weight is 455 g/mol. The molecule has 5 rings (SSSR count). The first-order valence-electron chi connectivity index (χ1n) is 11.5. The number of nitrogens with zero attached hydrogens (tertiary/aromatic N) is 1. The molecular formula is C27H26N4O3. The number of anilines is 2. The van der Waals surface area contributed by atoms with E-state index in [0.717, 1.165) is 53.8 Å². The molecule has 3 N–H and O–H groups in total.